The van der Waals surface area contributed by atoms with Crippen molar-refractivity contribution in [3.05, 3.63) is 0 Å². The SMILES string of the molecule is CC(C)[C@@H]1CC[C@]2(COC(=O)[C@@]34CC[C@@](C)(C(=O)O3)C4(C)C)CC[C@]3(C)[C@H](CC[C@@H]4[C@@]5(C)CC[C@H](OC(=O)[C@@]67CC[C@@](C)(C(=O)O6)C7(C)C)C(C)(C)[C@@H]5CC[C@]43C)[C@@H]12. The minimum atomic E-state index is -1.20. The molecule has 4 bridgehead atoms. The third-order valence-electron chi connectivity index (χ3n) is 23.0. The number of esters is 4. The molecule has 0 aromatic heterocycles. The van der Waals surface area contributed by atoms with Gasteiger partial charge in [-0.3, -0.25) is 9.59 Å². The Hall–Kier alpha value is -2.12. The highest BCUT2D eigenvalue weighted by Crippen LogP contribution is 2.78. The Bertz CT molecular complexity index is 1830. The van der Waals surface area contributed by atoms with E-state index in [4.69, 9.17) is 18.9 Å². The number of carbonyl (C=O) groups excluding carboxylic acids is 4. The molecule has 2 saturated heterocycles. The molecule has 58 heavy (non-hydrogen) atoms. The van der Waals surface area contributed by atoms with E-state index in [1.54, 1.807) is 0 Å². The third-order valence-corrected chi connectivity index (χ3v) is 23.0. The van der Waals surface area contributed by atoms with Gasteiger partial charge in [0.25, 0.3) is 0 Å². The molecule has 0 aromatic rings. The van der Waals surface area contributed by atoms with Gasteiger partial charge in [0.2, 0.25) is 11.2 Å². The van der Waals surface area contributed by atoms with Gasteiger partial charge in [-0.25, -0.2) is 9.59 Å². The maximum atomic E-state index is 14.3. The van der Waals surface area contributed by atoms with Crippen molar-refractivity contribution in [1.29, 1.82) is 0 Å². The van der Waals surface area contributed by atoms with E-state index < -0.39 is 32.9 Å². The van der Waals surface area contributed by atoms with Gasteiger partial charge in [-0.15, -0.1) is 0 Å². The molecule has 0 unspecified atom stereocenters. The normalized spacial score (nSPS) is 52.6. The lowest BCUT2D eigenvalue weighted by molar-refractivity contribution is -0.256. The van der Waals surface area contributed by atoms with Crippen LogP contribution in [0.5, 0.6) is 0 Å². The molecule has 9 rings (SSSR count). The van der Waals surface area contributed by atoms with Crippen molar-refractivity contribution in [1.82, 2.24) is 0 Å². The molecular weight excluding hydrogens is 729 g/mol. The van der Waals surface area contributed by atoms with Gasteiger partial charge in [-0.05, 0) is 155 Å². The van der Waals surface area contributed by atoms with Gasteiger partial charge in [0, 0.05) is 21.7 Å². The van der Waals surface area contributed by atoms with E-state index in [0.717, 1.165) is 38.5 Å². The molecule has 0 spiro atoms. The third kappa shape index (κ3) is 4.41. The maximum absolute atomic E-state index is 14.3. The van der Waals surface area contributed by atoms with Crippen molar-refractivity contribution in [2.45, 2.75) is 197 Å². The molecule has 14 atom stereocenters. The van der Waals surface area contributed by atoms with Crippen LogP contribution in [0.25, 0.3) is 0 Å². The fraction of sp³-hybridized carbons (Fsp3) is 0.920. The quantitative estimate of drug-likeness (QED) is 0.193. The summed E-state index contributed by atoms with van der Waals surface area (Å²) in [5, 5.41) is 0. The summed E-state index contributed by atoms with van der Waals surface area (Å²) in [4.78, 5) is 54.7. The molecule has 7 saturated carbocycles. The van der Waals surface area contributed by atoms with Crippen LogP contribution in [0.3, 0.4) is 0 Å². The summed E-state index contributed by atoms with van der Waals surface area (Å²) in [6, 6.07) is 0. The molecule has 0 aromatic carbocycles. The summed E-state index contributed by atoms with van der Waals surface area (Å²) in [6.45, 7) is 29.9. The second-order valence-electron chi connectivity index (χ2n) is 25.2. The summed E-state index contributed by atoms with van der Waals surface area (Å²) < 4.78 is 25.1. The molecule has 0 N–H and O–H groups in total. The number of hydrogen-bond donors (Lipinski definition) is 0. The number of carbonyl (C=O) groups is 4. The highest BCUT2D eigenvalue weighted by atomic mass is 16.6. The van der Waals surface area contributed by atoms with E-state index in [-0.39, 0.29) is 57.1 Å². The highest BCUT2D eigenvalue weighted by Gasteiger charge is 2.79. The Morgan fingerprint density at radius 3 is 1.74 bits per heavy atom. The summed E-state index contributed by atoms with van der Waals surface area (Å²) in [5.74, 6) is 2.03. The second-order valence-corrected chi connectivity index (χ2v) is 25.2. The standard InChI is InChI=1S/C50H76O8/c1-29(2)30-16-21-48(28-55-38(53)49-26-23-46(12,36(51)57-49)41(49,5)6)25-22-44(10)31(35(30)48)14-15-33-43(9)19-18-34(40(3,4)32(43)17-20-45(33,44)11)56-39(54)50-27-24-47(13,37(52)58-50)42(50,7)8/h29-35H,14-28H2,1-13H3/t30-,31+,32-,33+,34-,35+,43-,44+,45+,46-,47-,48+,49+,50+/m0/s1. The Labute approximate surface area is 349 Å². The van der Waals surface area contributed by atoms with Crippen LogP contribution < -0.4 is 0 Å². The first-order valence-electron chi connectivity index (χ1n) is 23.6. The zero-order valence-electron chi connectivity index (χ0n) is 38.4. The van der Waals surface area contributed by atoms with Crippen molar-refractivity contribution >= 4 is 23.9 Å². The average Bonchev–Trinajstić information content (AvgIpc) is 3.78. The number of rotatable bonds is 6. The molecule has 0 amide bonds. The van der Waals surface area contributed by atoms with Crippen LogP contribution in [-0.4, -0.2) is 47.8 Å². The molecule has 8 heteroatoms. The predicted octanol–water partition coefficient (Wildman–Crippen LogP) is 10.4. The van der Waals surface area contributed by atoms with Crippen molar-refractivity contribution < 1.29 is 38.1 Å². The topological polar surface area (TPSA) is 105 Å². The maximum Gasteiger partial charge on any atom is 0.351 e. The highest BCUT2D eigenvalue weighted by molar-refractivity contribution is 5.94. The van der Waals surface area contributed by atoms with Crippen molar-refractivity contribution in [3.8, 4) is 0 Å². The summed E-state index contributed by atoms with van der Waals surface area (Å²) >= 11 is 0. The van der Waals surface area contributed by atoms with Crippen LogP contribution in [0.1, 0.15) is 180 Å². The first-order chi connectivity index (χ1) is 26.7. The minimum Gasteiger partial charge on any atom is -0.462 e. The predicted molar refractivity (Wildman–Crippen MR) is 220 cm³/mol. The largest absolute Gasteiger partial charge is 0.462 e. The number of hydrogen-bond acceptors (Lipinski definition) is 8. The van der Waals surface area contributed by atoms with Gasteiger partial charge < -0.3 is 18.9 Å². The van der Waals surface area contributed by atoms with Gasteiger partial charge in [-0.2, -0.15) is 0 Å². The zero-order valence-corrected chi connectivity index (χ0v) is 38.4. The van der Waals surface area contributed by atoms with Gasteiger partial charge in [0.15, 0.2) is 0 Å². The Balaban J connectivity index is 0.957. The molecule has 0 radical (unpaired) electrons. The number of ether oxygens (including phenoxy) is 4. The van der Waals surface area contributed by atoms with Gasteiger partial charge in [0.05, 0.1) is 17.4 Å². The summed E-state index contributed by atoms with van der Waals surface area (Å²) in [7, 11) is 0. The summed E-state index contributed by atoms with van der Waals surface area (Å²) in [6.07, 6.45) is 13.2. The van der Waals surface area contributed by atoms with E-state index in [1.165, 1.54) is 25.7 Å². The van der Waals surface area contributed by atoms with E-state index >= 15 is 0 Å². The fourth-order valence-electron chi connectivity index (χ4n) is 17.9. The van der Waals surface area contributed by atoms with Crippen LogP contribution >= 0.6 is 0 Å². The van der Waals surface area contributed by atoms with E-state index in [2.05, 4.69) is 48.5 Å². The molecule has 2 heterocycles. The lowest BCUT2D eigenvalue weighted by Crippen LogP contribution is -2.67. The van der Waals surface area contributed by atoms with Crippen LogP contribution in [0, 0.1) is 84.2 Å². The molecule has 9 aliphatic rings. The van der Waals surface area contributed by atoms with E-state index in [1.807, 2.05) is 41.5 Å². The minimum absolute atomic E-state index is 0.0488. The van der Waals surface area contributed by atoms with Gasteiger partial charge in [-0.1, -0.05) is 76.2 Å². The van der Waals surface area contributed by atoms with Crippen molar-refractivity contribution in [2.75, 3.05) is 6.61 Å². The van der Waals surface area contributed by atoms with Crippen LogP contribution in [0.2, 0.25) is 0 Å². The van der Waals surface area contributed by atoms with Gasteiger partial charge in [0.1, 0.15) is 6.10 Å². The number of fused-ring (bicyclic) bond motifs is 11. The lowest BCUT2D eigenvalue weighted by atomic mass is 9.32. The van der Waals surface area contributed by atoms with E-state index in [9.17, 15) is 19.2 Å². The molecule has 324 valence electrons. The average molecular weight is 805 g/mol. The van der Waals surface area contributed by atoms with Crippen LogP contribution in [0.15, 0.2) is 0 Å². The lowest BCUT2D eigenvalue weighted by Gasteiger charge is -2.73. The van der Waals surface area contributed by atoms with Crippen molar-refractivity contribution in [3.63, 3.8) is 0 Å². The molecular formula is C50H76O8. The first-order valence-corrected chi connectivity index (χ1v) is 23.6. The fourth-order valence-corrected chi connectivity index (χ4v) is 17.9. The van der Waals surface area contributed by atoms with Crippen molar-refractivity contribution in [2.24, 2.45) is 84.2 Å². The van der Waals surface area contributed by atoms with Crippen LogP contribution in [0.4, 0.5) is 0 Å². The summed E-state index contributed by atoms with van der Waals surface area (Å²) in [5.41, 5.74) is -4.75. The Morgan fingerprint density at radius 2 is 1.21 bits per heavy atom. The van der Waals surface area contributed by atoms with E-state index in [0.29, 0.717) is 67.8 Å². The second kappa shape index (κ2) is 11.9. The first kappa shape index (κ1) is 41.2. The monoisotopic (exact) mass is 805 g/mol. The molecule has 8 nitrogen and oxygen atoms in total. The molecule has 9 fully saturated rings. The smallest absolute Gasteiger partial charge is 0.351 e. The Kier molecular flexibility index (Phi) is 8.44. The Morgan fingerprint density at radius 1 is 0.621 bits per heavy atom. The molecule has 7 aliphatic carbocycles. The zero-order chi connectivity index (χ0) is 42.3. The van der Waals surface area contributed by atoms with Crippen LogP contribution in [-0.2, 0) is 38.1 Å². The molecule has 2 aliphatic heterocycles. The van der Waals surface area contributed by atoms with Gasteiger partial charge >= 0.3 is 23.9 Å².